The molecule has 30 heavy (non-hydrogen) atoms. The highest BCUT2D eigenvalue weighted by molar-refractivity contribution is 6.08. The van der Waals surface area contributed by atoms with Crippen molar-refractivity contribution in [2.45, 2.75) is 11.8 Å². The third-order valence-corrected chi connectivity index (χ3v) is 5.94. The highest BCUT2D eigenvalue weighted by atomic mass is 16.7. The maximum Gasteiger partial charge on any atom is 0.410 e. The Hall–Kier alpha value is -3.72. The Labute approximate surface area is 173 Å². The molecule has 3 N–H and O–H groups in total. The van der Waals surface area contributed by atoms with Crippen molar-refractivity contribution in [1.82, 2.24) is 5.32 Å². The van der Waals surface area contributed by atoms with E-state index in [9.17, 15) is 15.3 Å². The molecular weight excluding hydrogens is 382 g/mol. The number of ether oxygens (including phenoxy) is 2. The summed E-state index contributed by atoms with van der Waals surface area (Å²) < 4.78 is 11.2. The molecule has 0 spiro atoms. The zero-order valence-electron chi connectivity index (χ0n) is 16.5. The monoisotopic (exact) mass is 402 g/mol. The molecule has 8 nitrogen and oxygen atoms in total. The van der Waals surface area contributed by atoms with Gasteiger partial charge in [0.15, 0.2) is 10.8 Å². The SMILES string of the molecule is COC1(OC)[NH+]=C(NC(=O)Nc2ccccc2)[C@@]2(C#N)[C@@H](c3ccccc3)[C@@]12C#N. The van der Waals surface area contributed by atoms with Crippen molar-refractivity contribution in [3.63, 3.8) is 0 Å². The Morgan fingerprint density at radius 2 is 1.57 bits per heavy atom. The number of nitriles is 2. The van der Waals surface area contributed by atoms with E-state index in [2.05, 4.69) is 27.8 Å². The number of hydrogen-bond donors (Lipinski definition) is 3. The summed E-state index contributed by atoms with van der Waals surface area (Å²) in [6.45, 7) is 0. The molecular formula is C22H20N5O3+. The molecule has 0 unspecified atom stereocenters. The Balaban J connectivity index is 1.76. The van der Waals surface area contributed by atoms with Gasteiger partial charge in [-0.2, -0.15) is 15.8 Å². The summed E-state index contributed by atoms with van der Waals surface area (Å²) in [6, 6.07) is 22.1. The van der Waals surface area contributed by atoms with Gasteiger partial charge in [0, 0.05) is 25.8 Å². The number of hydrogen-bond acceptors (Lipinski definition) is 5. The maximum atomic E-state index is 12.7. The molecule has 0 saturated heterocycles. The lowest BCUT2D eigenvalue weighted by atomic mass is 9.93. The number of rotatable bonds is 4. The summed E-state index contributed by atoms with van der Waals surface area (Å²) in [5.41, 5.74) is -1.40. The summed E-state index contributed by atoms with van der Waals surface area (Å²) in [7, 11) is 2.79. The number of nitrogens with one attached hydrogen (secondary N) is 3. The van der Waals surface area contributed by atoms with Crippen LogP contribution in [0.4, 0.5) is 10.5 Å². The molecule has 0 aromatic heterocycles. The highest BCUT2D eigenvalue weighted by Gasteiger charge is 2.97. The van der Waals surface area contributed by atoms with E-state index in [0.717, 1.165) is 5.56 Å². The topological polar surface area (TPSA) is 121 Å². The van der Waals surface area contributed by atoms with Gasteiger partial charge in [0.2, 0.25) is 0 Å². The number of carbonyl (C=O) groups is 1. The molecule has 0 radical (unpaired) electrons. The first kappa shape index (κ1) is 19.6. The van der Waals surface area contributed by atoms with Gasteiger partial charge in [0.1, 0.15) is 0 Å². The van der Waals surface area contributed by atoms with Crippen molar-refractivity contribution in [1.29, 1.82) is 10.5 Å². The molecule has 4 rings (SSSR count). The first-order valence-corrected chi connectivity index (χ1v) is 9.31. The van der Waals surface area contributed by atoms with Crippen molar-refractivity contribution in [2.75, 3.05) is 19.5 Å². The van der Waals surface area contributed by atoms with Crippen LogP contribution >= 0.6 is 0 Å². The fourth-order valence-corrected chi connectivity index (χ4v) is 4.64. The predicted octanol–water partition coefficient (Wildman–Crippen LogP) is 1.06. The van der Waals surface area contributed by atoms with Crippen LogP contribution in [0.5, 0.6) is 0 Å². The number of methoxy groups -OCH3 is 2. The average Bonchev–Trinajstić information content (AvgIpc) is 3.35. The normalized spacial score (nSPS) is 27.7. The minimum absolute atomic E-state index is 0.164. The summed E-state index contributed by atoms with van der Waals surface area (Å²) in [6.07, 6.45) is 0. The Kier molecular flexibility index (Phi) is 4.54. The Morgan fingerprint density at radius 1 is 0.967 bits per heavy atom. The molecule has 2 aliphatic rings. The van der Waals surface area contributed by atoms with Crippen molar-refractivity contribution >= 4 is 17.6 Å². The van der Waals surface area contributed by atoms with Crippen LogP contribution in [0.25, 0.3) is 0 Å². The third-order valence-electron chi connectivity index (χ3n) is 5.94. The zero-order chi connectivity index (χ0) is 21.4. The van der Waals surface area contributed by atoms with Crippen LogP contribution < -0.4 is 15.6 Å². The lowest BCUT2D eigenvalue weighted by molar-refractivity contribution is -0.688. The van der Waals surface area contributed by atoms with Gasteiger partial charge in [0.05, 0.1) is 12.1 Å². The molecule has 150 valence electrons. The third kappa shape index (κ3) is 2.32. The molecule has 1 aliphatic carbocycles. The molecule has 2 aromatic carbocycles. The van der Waals surface area contributed by atoms with Gasteiger partial charge in [0.25, 0.3) is 5.84 Å². The quantitative estimate of drug-likeness (QED) is 0.661. The zero-order valence-corrected chi connectivity index (χ0v) is 16.5. The van der Waals surface area contributed by atoms with Crippen LogP contribution in [-0.2, 0) is 9.47 Å². The van der Waals surface area contributed by atoms with E-state index in [-0.39, 0.29) is 5.84 Å². The van der Waals surface area contributed by atoms with Crippen molar-refractivity contribution < 1.29 is 19.3 Å². The number of carbonyl (C=O) groups excluding carboxylic acids is 1. The van der Waals surface area contributed by atoms with Crippen molar-refractivity contribution in [3.8, 4) is 12.1 Å². The number of fused-ring (bicyclic) bond motifs is 1. The minimum atomic E-state index is -1.60. The van der Waals surface area contributed by atoms with Gasteiger partial charge in [-0.1, -0.05) is 48.5 Å². The van der Waals surface area contributed by atoms with Crippen LogP contribution in [0.3, 0.4) is 0 Å². The minimum Gasteiger partial charge on any atom is -0.317 e. The second-order valence-corrected chi connectivity index (χ2v) is 7.15. The number of para-hydroxylation sites is 1. The molecule has 3 atom stereocenters. The van der Waals surface area contributed by atoms with Gasteiger partial charge < -0.3 is 9.47 Å². The van der Waals surface area contributed by atoms with E-state index in [1.165, 1.54) is 14.2 Å². The summed E-state index contributed by atoms with van der Waals surface area (Å²) in [5, 5.41) is 25.9. The van der Waals surface area contributed by atoms with Crippen LogP contribution in [0.2, 0.25) is 0 Å². The highest BCUT2D eigenvalue weighted by Crippen LogP contribution is 2.78. The number of anilines is 1. The maximum absolute atomic E-state index is 12.7. The predicted molar refractivity (Wildman–Crippen MR) is 107 cm³/mol. The summed E-state index contributed by atoms with van der Waals surface area (Å²) >= 11 is 0. The van der Waals surface area contributed by atoms with E-state index in [1.807, 2.05) is 36.4 Å². The number of nitrogens with zero attached hydrogens (tertiary/aromatic N) is 2. The molecule has 8 heteroatoms. The lowest BCUT2D eigenvalue weighted by Crippen LogP contribution is -2.91. The summed E-state index contributed by atoms with van der Waals surface area (Å²) in [5.74, 6) is -2.00. The Bertz CT molecular complexity index is 1090. The van der Waals surface area contributed by atoms with Crippen LogP contribution in [0, 0.1) is 33.5 Å². The van der Waals surface area contributed by atoms with Gasteiger partial charge in [-0.25, -0.2) is 9.79 Å². The molecule has 1 aliphatic heterocycles. The summed E-state index contributed by atoms with van der Waals surface area (Å²) in [4.78, 5) is 15.6. The van der Waals surface area contributed by atoms with Crippen LogP contribution in [-0.4, -0.2) is 32.0 Å². The largest absolute Gasteiger partial charge is 0.410 e. The number of amides is 2. The molecule has 2 amide bonds. The lowest BCUT2D eigenvalue weighted by Gasteiger charge is -2.26. The second-order valence-electron chi connectivity index (χ2n) is 7.15. The Morgan fingerprint density at radius 3 is 2.10 bits per heavy atom. The van der Waals surface area contributed by atoms with Crippen molar-refractivity contribution in [2.24, 2.45) is 10.8 Å². The fourth-order valence-electron chi connectivity index (χ4n) is 4.64. The van der Waals surface area contributed by atoms with E-state index in [4.69, 9.17) is 9.47 Å². The first-order chi connectivity index (χ1) is 14.5. The molecule has 2 aromatic rings. The van der Waals surface area contributed by atoms with Gasteiger partial charge >= 0.3 is 11.9 Å². The van der Waals surface area contributed by atoms with E-state index >= 15 is 0 Å². The number of amidine groups is 1. The van der Waals surface area contributed by atoms with E-state index in [0.29, 0.717) is 5.69 Å². The second kappa shape index (κ2) is 6.96. The van der Waals surface area contributed by atoms with Gasteiger partial charge in [-0.3, -0.25) is 5.32 Å². The number of urea groups is 1. The molecule has 1 saturated carbocycles. The molecule has 1 fully saturated rings. The van der Waals surface area contributed by atoms with E-state index < -0.39 is 28.7 Å². The van der Waals surface area contributed by atoms with E-state index in [1.54, 1.807) is 24.3 Å². The van der Waals surface area contributed by atoms with Crippen LogP contribution in [0.1, 0.15) is 11.5 Å². The first-order valence-electron chi connectivity index (χ1n) is 9.31. The average molecular weight is 402 g/mol. The molecule has 0 bridgehead atoms. The van der Waals surface area contributed by atoms with Gasteiger partial charge in [-0.05, 0) is 17.7 Å². The smallest absolute Gasteiger partial charge is 0.317 e. The van der Waals surface area contributed by atoms with Crippen LogP contribution in [0.15, 0.2) is 60.7 Å². The standard InChI is InChI=1S/C22H19N5O3/c1-29-22(30-2)21(14-24)17(15-9-5-3-6-10-15)20(21,13-23)18(27-22)26-19(28)25-16-11-7-4-8-12-16/h3-12,17H,1-2H3,(H2,25,26,27,28)/p+1/t17-,20-,21-/m1/s1. The van der Waals surface area contributed by atoms with Gasteiger partial charge in [-0.15, -0.1) is 0 Å². The fraction of sp³-hybridized carbons (Fsp3) is 0.273. The molecule has 1 heterocycles. The van der Waals surface area contributed by atoms with Crippen molar-refractivity contribution in [3.05, 3.63) is 66.2 Å². The number of benzene rings is 2.